The summed E-state index contributed by atoms with van der Waals surface area (Å²) in [5, 5.41) is 4.00. The molecule has 0 saturated heterocycles. The average Bonchev–Trinajstić information content (AvgIpc) is 3.22. The molecule has 0 aliphatic carbocycles. The van der Waals surface area contributed by atoms with Gasteiger partial charge in [0.15, 0.2) is 0 Å². The minimum absolute atomic E-state index is 0.00845. The van der Waals surface area contributed by atoms with Crippen molar-refractivity contribution in [2.45, 2.75) is 17.9 Å². The summed E-state index contributed by atoms with van der Waals surface area (Å²) in [7, 11) is 0. The van der Waals surface area contributed by atoms with Gasteiger partial charge >= 0.3 is 0 Å². The van der Waals surface area contributed by atoms with Crippen LogP contribution in [-0.2, 0) is 9.59 Å². The minimum Gasteiger partial charge on any atom is -0.354 e. The van der Waals surface area contributed by atoms with Crippen molar-refractivity contribution < 1.29 is 9.59 Å². The van der Waals surface area contributed by atoms with E-state index in [0.29, 0.717) is 12.3 Å². The number of para-hydroxylation sites is 2. The molecule has 3 aromatic rings. The second kappa shape index (κ2) is 8.57. The molecule has 5 nitrogen and oxygen atoms in total. The van der Waals surface area contributed by atoms with Crippen molar-refractivity contribution in [1.82, 2.24) is 9.88 Å². The van der Waals surface area contributed by atoms with Gasteiger partial charge in [0.2, 0.25) is 11.8 Å². The Labute approximate surface area is 174 Å². The Morgan fingerprint density at radius 2 is 1.76 bits per heavy atom. The van der Waals surface area contributed by atoms with Crippen LogP contribution in [0.2, 0.25) is 0 Å². The molecule has 29 heavy (non-hydrogen) atoms. The molecule has 2 heterocycles. The largest absolute Gasteiger partial charge is 0.354 e. The highest BCUT2D eigenvalue weighted by molar-refractivity contribution is 7.99. The van der Waals surface area contributed by atoms with Gasteiger partial charge < -0.3 is 14.8 Å². The molecule has 0 saturated carbocycles. The number of aromatic nitrogens is 1. The van der Waals surface area contributed by atoms with Crippen LogP contribution in [0.5, 0.6) is 0 Å². The molecule has 0 radical (unpaired) electrons. The van der Waals surface area contributed by atoms with Crippen molar-refractivity contribution in [2.75, 3.05) is 23.7 Å². The summed E-state index contributed by atoms with van der Waals surface area (Å²) >= 11 is 1.49. The van der Waals surface area contributed by atoms with Gasteiger partial charge in [0.1, 0.15) is 6.54 Å². The predicted molar refractivity (Wildman–Crippen MR) is 117 cm³/mol. The van der Waals surface area contributed by atoms with Gasteiger partial charge in [0, 0.05) is 12.7 Å². The summed E-state index contributed by atoms with van der Waals surface area (Å²) in [5.74, 6) is 0.273. The van der Waals surface area contributed by atoms with Gasteiger partial charge in [-0.05, 0) is 35.7 Å². The van der Waals surface area contributed by atoms with Crippen LogP contribution in [0, 0.1) is 0 Å². The summed E-state index contributed by atoms with van der Waals surface area (Å²) in [6, 6.07) is 21.8. The van der Waals surface area contributed by atoms with Crippen LogP contribution in [0.15, 0.2) is 78.0 Å². The number of benzene rings is 2. The molecule has 0 bridgehead atoms. The fourth-order valence-electron chi connectivity index (χ4n) is 3.47. The molecule has 1 N–H and O–H groups in total. The van der Waals surface area contributed by atoms with Gasteiger partial charge in [0.25, 0.3) is 0 Å². The highest BCUT2D eigenvalue weighted by Gasteiger charge is 2.25. The first-order valence-electron chi connectivity index (χ1n) is 9.65. The highest BCUT2D eigenvalue weighted by Crippen LogP contribution is 2.32. The Morgan fingerprint density at radius 3 is 2.55 bits per heavy atom. The number of nitrogens with zero attached hydrogens (tertiary/aromatic N) is 2. The Bertz CT molecular complexity index is 1020. The monoisotopic (exact) mass is 405 g/mol. The van der Waals surface area contributed by atoms with Crippen molar-refractivity contribution in [3.05, 3.63) is 78.5 Å². The molecule has 0 unspecified atom stereocenters. The Balaban J connectivity index is 1.51. The van der Waals surface area contributed by atoms with E-state index in [0.717, 1.165) is 16.4 Å². The van der Waals surface area contributed by atoms with E-state index < -0.39 is 0 Å². The normalized spacial score (nSPS) is 14.4. The van der Waals surface area contributed by atoms with E-state index in [1.165, 1.54) is 17.3 Å². The molecule has 4 rings (SSSR count). The van der Waals surface area contributed by atoms with Crippen LogP contribution >= 0.6 is 11.8 Å². The Hall–Kier alpha value is -2.99. The Kier molecular flexibility index (Phi) is 5.71. The highest BCUT2D eigenvalue weighted by atomic mass is 32.2. The van der Waals surface area contributed by atoms with E-state index in [4.69, 9.17) is 0 Å². The van der Waals surface area contributed by atoms with Gasteiger partial charge in [-0.15, -0.1) is 0 Å². The number of amides is 2. The van der Waals surface area contributed by atoms with Crippen LogP contribution in [-0.4, -0.2) is 35.2 Å². The molecule has 148 valence electrons. The van der Waals surface area contributed by atoms with E-state index in [2.05, 4.69) is 28.9 Å². The smallest absolute Gasteiger partial charge is 0.240 e. The number of thioether (sulfide) groups is 1. The maximum atomic E-state index is 12.9. The summed E-state index contributed by atoms with van der Waals surface area (Å²) in [6.07, 6.45) is 1.98. The summed E-state index contributed by atoms with van der Waals surface area (Å²) < 4.78 is 2.06. The van der Waals surface area contributed by atoms with Gasteiger partial charge in [0.05, 0.1) is 22.2 Å². The molecule has 1 aliphatic heterocycles. The second-order valence-electron chi connectivity index (χ2n) is 7.09. The number of carbonyl (C=O) groups is 2. The SMILES string of the molecule is C[C@@H](CNC(=O)CN1C(=O)CSc2cccn2-c2ccccc21)c1ccccc1. The molecule has 1 aliphatic rings. The van der Waals surface area contributed by atoms with Gasteiger partial charge in [-0.2, -0.15) is 0 Å². The molecule has 2 aromatic carbocycles. The van der Waals surface area contributed by atoms with Crippen molar-refractivity contribution in [1.29, 1.82) is 0 Å². The zero-order valence-corrected chi connectivity index (χ0v) is 17.1. The van der Waals surface area contributed by atoms with Gasteiger partial charge in [-0.25, -0.2) is 0 Å². The second-order valence-corrected chi connectivity index (χ2v) is 8.09. The molecule has 1 aromatic heterocycles. The number of rotatable bonds is 5. The lowest BCUT2D eigenvalue weighted by molar-refractivity contribution is -0.122. The fourth-order valence-corrected chi connectivity index (χ4v) is 4.37. The summed E-state index contributed by atoms with van der Waals surface area (Å²) in [6.45, 7) is 2.62. The van der Waals surface area contributed by atoms with Crippen LogP contribution < -0.4 is 10.2 Å². The summed E-state index contributed by atoms with van der Waals surface area (Å²) in [5.41, 5.74) is 2.83. The molecule has 1 atom stereocenters. The first-order valence-corrected chi connectivity index (χ1v) is 10.6. The van der Waals surface area contributed by atoms with Crippen LogP contribution in [0.3, 0.4) is 0 Å². The average molecular weight is 406 g/mol. The van der Waals surface area contributed by atoms with Crippen LogP contribution in [0.4, 0.5) is 5.69 Å². The van der Waals surface area contributed by atoms with Gasteiger partial charge in [-0.1, -0.05) is 61.2 Å². The number of anilines is 1. The molecule has 2 amide bonds. The first kappa shape index (κ1) is 19.3. The zero-order valence-electron chi connectivity index (χ0n) is 16.2. The number of nitrogens with one attached hydrogen (secondary N) is 1. The fraction of sp³-hybridized carbons (Fsp3) is 0.217. The van der Waals surface area contributed by atoms with E-state index >= 15 is 0 Å². The first-order chi connectivity index (χ1) is 14.1. The van der Waals surface area contributed by atoms with Crippen molar-refractivity contribution in [2.24, 2.45) is 0 Å². The molecular formula is C23H23N3O2S. The minimum atomic E-state index is -0.158. The topological polar surface area (TPSA) is 54.3 Å². The maximum absolute atomic E-state index is 12.9. The standard InChI is InChI=1S/C23H23N3O2S/c1-17(18-8-3-2-4-9-18)14-24-21(27)15-26-20-11-6-5-10-19(20)25-13-7-12-23(25)29-16-22(26)28/h2-13,17H,14-16H2,1H3,(H,24,27)/t17-/m0/s1. The van der Waals surface area contributed by atoms with E-state index in [1.807, 2.05) is 60.8 Å². The maximum Gasteiger partial charge on any atom is 0.240 e. The quantitative estimate of drug-likeness (QED) is 0.702. The van der Waals surface area contributed by atoms with E-state index in [-0.39, 0.29) is 24.3 Å². The number of hydrogen-bond donors (Lipinski definition) is 1. The lowest BCUT2D eigenvalue weighted by Gasteiger charge is -2.28. The van der Waals surface area contributed by atoms with Crippen molar-refractivity contribution in [3.63, 3.8) is 0 Å². The predicted octanol–water partition coefficient (Wildman–Crippen LogP) is 3.84. The molecule has 6 heteroatoms. The Morgan fingerprint density at radius 1 is 1.03 bits per heavy atom. The van der Waals surface area contributed by atoms with E-state index in [9.17, 15) is 9.59 Å². The summed E-state index contributed by atoms with van der Waals surface area (Å²) in [4.78, 5) is 27.1. The number of hydrogen-bond acceptors (Lipinski definition) is 3. The van der Waals surface area contributed by atoms with E-state index in [1.54, 1.807) is 4.90 Å². The van der Waals surface area contributed by atoms with Crippen molar-refractivity contribution in [3.8, 4) is 5.69 Å². The number of fused-ring (bicyclic) bond motifs is 3. The molecule has 0 fully saturated rings. The van der Waals surface area contributed by atoms with Crippen molar-refractivity contribution >= 4 is 29.3 Å². The third kappa shape index (κ3) is 4.22. The molecular weight excluding hydrogens is 382 g/mol. The number of carbonyl (C=O) groups excluding carboxylic acids is 2. The third-order valence-electron chi connectivity index (χ3n) is 5.06. The van der Waals surface area contributed by atoms with Gasteiger partial charge in [-0.3, -0.25) is 9.59 Å². The third-order valence-corrected chi connectivity index (χ3v) is 6.08. The zero-order chi connectivity index (χ0) is 20.2. The molecule has 0 spiro atoms. The lowest BCUT2D eigenvalue weighted by Crippen LogP contribution is -2.43. The lowest BCUT2D eigenvalue weighted by atomic mass is 10.0. The van der Waals surface area contributed by atoms with Crippen LogP contribution in [0.1, 0.15) is 18.4 Å². The van der Waals surface area contributed by atoms with Crippen LogP contribution in [0.25, 0.3) is 5.69 Å².